The highest BCUT2D eigenvalue weighted by atomic mass is 79.9. The second-order valence-electron chi connectivity index (χ2n) is 3.56. The summed E-state index contributed by atoms with van der Waals surface area (Å²) in [4.78, 5) is 4.03. The molecule has 6 nitrogen and oxygen atoms in total. The number of hydrogen-bond donors (Lipinski definition) is 0. The molecule has 0 unspecified atom stereocenters. The Kier molecular flexibility index (Phi) is 3.62. The molecule has 0 aliphatic rings. The lowest BCUT2D eigenvalue weighted by Gasteiger charge is -2.03. The molecule has 0 saturated carbocycles. The van der Waals surface area contributed by atoms with Crippen LogP contribution in [0.5, 0.6) is 0 Å². The Morgan fingerprint density at radius 3 is 2.63 bits per heavy atom. The molecule has 0 N–H and O–H groups in total. The maximum absolute atomic E-state index is 11.6. The SMILES string of the molecule is Cc1nn(-c2ccc(Br)cn2)c(S(=O)(=O)Cl)c1C#N. The maximum atomic E-state index is 11.6. The first-order valence-electron chi connectivity index (χ1n) is 4.91. The number of aryl methyl sites for hydroxylation is 1. The fraction of sp³-hybridized carbons (Fsp3) is 0.100. The molecule has 0 spiro atoms. The maximum Gasteiger partial charge on any atom is 0.280 e. The molecule has 9 heteroatoms. The Morgan fingerprint density at radius 2 is 2.16 bits per heavy atom. The van der Waals surface area contributed by atoms with Crippen molar-refractivity contribution in [3.63, 3.8) is 0 Å². The predicted octanol–water partition coefficient (Wildman–Crippen LogP) is 2.14. The van der Waals surface area contributed by atoms with Crippen LogP contribution in [0.25, 0.3) is 5.82 Å². The molecule has 2 aromatic rings. The summed E-state index contributed by atoms with van der Waals surface area (Å²) >= 11 is 3.22. The molecule has 2 rings (SSSR count). The number of hydrogen-bond acceptors (Lipinski definition) is 5. The zero-order chi connectivity index (χ0) is 14.2. The lowest BCUT2D eigenvalue weighted by atomic mass is 10.3. The van der Waals surface area contributed by atoms with Gasteiger partial charge in [0, 0.05) is 21.4 Å². The molecule has 2 aromatic heterocycles. The smallest absolute Gasteiger partial charge is 0.236 e. The third-order valence-electron chi connectivity index (χ3n) is 2.29. The van der Waals surface area contributed by atoms with Crippen molar-refractivity contribution in [3.8, 4) is 11.9 Å². The summed E-state index contributed by atoms with van der Waals surface area (Å²) in [5.74, 6) is 0.257. The zero-order valence-corrected chi connectivity index (χ0v) is 12.7. The summed E-state index contributed by atoms with van der Waals surface area (Å²) in [5.41, 5.74) is 0.186. The largest absolute Gasteiger partial charge is 0.280 e. The van der Waals surface area contributed by atoms with Gasteiger partial charge in [0.1, 0.15) is 11.6 Å². The highest BCUT2D eigenvalue weighted by molar-refractivity contribution is 9.10. The molecule has 0 aliphatic carbocycles. The van der Waals surface area contributed by atoms with Crippen LogP contribution in [0.4, 0.5) is 0 Å². The first kappa shape index (κ1) is 14.0. The van der Waals surface area contributed by atoms with Crippen LogP contribution < -0.4 is 0 Å². The van der Waals surface area contributed by atoms with Gasteiger partial charge in [0.15, 0.2) is 10.8 Å². The summed E-state index contributed by atoms with van der Waals surface area (Å²) in [6.45, 7) is 1.53. The zero-order valence-electron chi connectivity index (χ0n) is 9.50. The molecule has 2 heterocycles. The van der Waals surface area contributed by atoms with Crippen LogP contribution in [0.1, 0.15) is 11.3 Å². The van der Waals surface area contributed by atoms with Crippen molar-refractivity contribution >= 4 is 35.7 Å². The van der Waals surface area contributed by atoms with Gasteiger partial charge in [-0.05, 0) is 35.0 Å². The van der Waals surface area contributed by atoms with Gasteiger partial charge in [0.05, 0.1) is 5.69 Å². The van der Waals surface area contributed by atoms with E-state index >= 15 is 0 Å². The standard InChI is InChI=1S/C10H6BrClN4O2S/c1-6-8(4-13)10(19(12,17)18)16(15-6)9-3-2-7(11)5-14-9/h2-3,5H,1H3. The quantitative estimate of drug-likeness (QED) is 0.765. The molecule has 0 saturated heterocycles. The summed E-state index contributed by atoms with van der Waals surface area (Å²) in [6, 6.07) is 5.02. The number of nitriles is 1. The number of pyridine rings is 1. The Morgan fingerprint density at radius 1 is 1.47 bits per heavy atom. The van der Waals surface area contributed by atoms with Gasteiger partial charge in [-0.3, -0.25) is 0 Å². The van der Waals surface area contributed by atoms with Gasteiger partial charge in [-0.25, -0.2) is 18.1 Å². The summed E-state index contributed by atoms with van der Waals surface area (Å²) in [5, 5.41) is 12.6. The van der Waals surface area contributed by atoms with E-state index in [-0.39, 0.29) is 22.1 Å². The van der Waals surface area contributed by atoms with Crippen molar-refractivity contribution in [2.45, 2.75) is 11.9 Å². The van der Waals surface area contributed by atoms with Gasteiger partial charge >= 0.3 is 0 Å². The third kappa shape index (κ3) is 2.63. The molecular weight excluding hydrogens is 356 g/mol. The molecule has 0 fully saturated rings. The van der Waals surface area contributed by atoms with Crippen LogP contribution in [0.3, 0.4) is 0 Å². The molecule has 0 aromatic carbocycles. The van der Waals surface area contributed by atoms with Crippen molar-refractivity contribution in [1.82, 2.24) is 14.8 Å². The van der Waals surface area contributed by atoms with Crippen LogP contribution in [0, 0.1) is 18.3 Å². The Bertz CT molecular complexity index is 777. The van der Waals surface area contributed by atoms with E-state index in [1.54, 1.807) is 18.2 Å². The van der Waals surface area contributed by atoms with Crippen molar-refractivity contribution in [2.75, 3.05) is 0 Å². The molecular formula is C10H6BrClN4O2S. The number of aromatic nitrogens is 3. The average Bonchev–Trinajstić information content (AvgIpc) is 2.66. The minimum Gasteiger partial charge on any atom is -0.236 e. The van der Waals surface area contributed by atoms with E-state index in [4.69, 9.17) is 15.9 Å². The molecule has 0 amide bonds. The van der Waals surface area contributed by atoms with E-state index in [0.717, 1.165) is 9.15 Å². The molecule has 19 heavy (non-hydrogen) atoms. The Labute approximate surface area is 122 Å². The van der Waals surface area contributed by atoms with Crippen LogP contribution in [0.15, 0.2) is 27.8 Å². The fourth-order valence-corrected chi connectivity index (χ4v) is 2.95. The summed E-state index contributed by atoms with van der Waals surface area (Å²) < 4.78 is 25.0. The van der Waals surface area contributed by atoms with Crippen molar-refractivity contribution in [1.29, 1.82) is 5.26 Å². The monoisotopic (exact) mass is 360 g/mol. The third-order valence-corrected chi connectivity index (χ3v) is 4.04. The normalized spacial score (nSPS) is 11.3. The Hall–Kier alpha value is -1.43. The van der Waals surface area contributed by atoms with Crippen molar-refractivity contribution in [2.24, 2.45) is 0 Å². The first-order chi connectivity index (χ1) is 8.84. The first-order valence-corrected chi connectivity index (χ1v) is 8.01. The number of halogens is 2. The molecule has 98 valence electrons. The molecule has 0 bridgehead atoms. The van der Waals surface area contributed by atoms with E-state index in [0.29, 0.717) is 0 Å². The fourth-order valence-electron chi connectivity index (χ4n) is 1.51. The van der Waals surface area contributed by atoms with Crippen LogP contribution in [-0.4, -0.2) is 23.2 Å². The van der Waals surface area contributed by atoms with E-state index < -0.39 is 9.05 Å². The lowest BCUT2D eigenvalue weighted by molar-refractivity contribution is 0.598. The second-order valence-corrected chi connectivity index (χ2v) is 6.96. The van der Waals surface area contributed by atoms with Gasteiger partial charge in [0.2, 0.25) is 0 Å². The molecule has 0 atom stereocenters. The number of nitrogens with zero attached hydrogens (tertiary/aromatic N) is 4. The average molecular weight is 362 g/mol. The van der Waals surface area contributed by atoms with Gasteiger partial charge < -0.3 is 0 Å². The van der Waals surface area contributed by atoms with Crippen LogP contribution in [0.2, 0.25) is 0 Å². The van der Waals surface area contributed by atoms with Gasteiger partial charge in [-0.1, -0.05) is 0 Å². The van der Waals surface area contributed by atoms with Crippen LogP contribution >= 0.6 is 26.6 Å². The lowest BCUT2D eigenvalue weighted by Crippen LogP contribution is -2.07. The topological polar surface area (TPSA) is 88.6 Å². The minimum atomic E-state index is -4.12. The van der Waals surface area contributed by atoms with Gasteiger partial charge in [0.25, 0.3) is 9.05 Å². The van der Waals surface area contributed by atoms with Gasteiger partial charge in [-0.2, -0.15) is 10.4 Å². The summed E-state index contributed by atoms with van der Waals surface area (Å²) in [6.07, 6.45) is 1.49. The van der Waals surface area contributed by atoms with Crippen molar-refractivity contribution in [3.05, 3.63) is 34.1 Å². The van der Waals surface area contributed by atoms with E-state index in [1.165, 1.54) is 13.1 Å². The minimum absolute atomic E-state index is 0.0836. The van der Waals surface area contributed by atoms with E-state index in [1.807, 2.05) is 0 Å². The van der Waals surface area contributed by atoms with Crippen molar-refractivity contribution < 1.29 is 8.42 Å². The predicted molar refractivity (Wildman–Crippen MR) is 71.5 cm³/mol. The Balaban J connectivity index is 2.79. The second kappa shape index (κ2) is 4.92. The highest BCUT2D eigenvalue weighted by Crippen LogP contribution is 2.25. The molecule has 0 aliphatic heterocycles. The highest BCUT2D eigenvalue weighted by Gasteiger charge is 2.26. The molecule has 0 radical (unpaired) electrons. The summed E-state index contributed by atoms with van der Waals surface area (Å²) in [7, 11) is 1.25. The van der Waals surface area contributed by atoms with E-state index in [2.05, 4.69) is 26.0 Å². The van der Waals surface area contributed by atoms with Crippen LogP contribution in [-0.2, 0) is 9.05 Å². The number of rotatable bonds is 2. The van der Waals surface area contributed by atoms with E-state index in [9.17, 15) is 8.42 Å². The van der Waals surface area contributed by atoms with Gasteiger partial charge in [-0.15, -0.1) is 0 Å².